The van der Waals surface area contributed by atoms with Gasteiger partial charge in [-0.3, -0.25) is 9.69 Å². The number of hydrogen-bond acceptors (Lipinski definition) is 4. The second kappa shape index (κ2) is 10.1. The van der Waals surface area contributed by atoms with Gasteiger partial charge in [0.25, 0.3) is 0 Å². The van der Waals surface area contributed by atoms with Crippen molar-refractivity contribution >= 4 is 5.91 Å². The van der Waals surface area contributed by atoms with Crippen LogP contribution in [0.2, 0.25) is 0 Å². The van der Waals surface area contributed by atoms with E-state index < -0.39 is 11.2 Å². The van der Waals surface area contributed by atoms with Crippen LogP contribution in [-0.2, 0) is 10.2 Å². The molecule has 1 saturated heterocycles. The van der Waals surface area contributed by atoms with E-state index in [-0.39, 0.29) is 23.3 Å². The molecule has 6 heteroatoms. The number of rotatable bonds is 10. The first kappa shape index (κ1) is 24.7. The lowest BCUT2D eigenvalue weighted by Crippen LogP contribution is -2.62. The molecule has 0 aromatic heterocycles. The van der Waals surface area contributed by atoms with Gasteiger partial charge in [-0.05, 0) is 49.9 Å². The highest BCUT2D eigenvalue weighted by atomic mass is 19.1. The Balaban J connectivity index is 1.48. The number of halogens is 1. The molecular formula is C29H33FN2O3. The fourth-order valence-corrected chi connectivity index (χ4v) is 4.85. The molecule has 184 valence electrons. The van der Waals surface area contributed by atoms with Gasteiger partial charge in [-0.15, -0.1) is 0 Å². The average molecular weight is 477 g/mol. The number of nitrogens with two attached hydrogens (primary N) is 1. The van der Waals surface area contributed by atoms with E-state index in [0.717, 1.165) is 17.5 Å². The maximum absolute atomic E-state index is 14.2. The fourth-order valence-electron chi connectivity index (χ4n) is 4.85. The number of likely N-dealkylation sites (tertiary alicyclic amines) is 1. The van der Waals surface area contributed by atoms with Crippen molar-refractivity contribution in [1.82, 2.24) is 4.90 Å². The summed E-state index contributed by atoms with van der Waals surface area (Å²) in [5, 5.41) is 0. The smallest absolute Gasteiger partial charge is 0.232 e. The molecule has 35 heavy (non-hydrogen) atoms. The summed E-state index contributed by atoms with van der Waals surface area (Å²) in [6.45, 7) is 5.67. The monoisotopic (exact) mass is 476 g/mol. The molecule has 4 rings (SSSR count). The van der Waals surface area contributed by atoms with Gasteiger partial charge in [0.2, 0.25) is 5.91 Å². The Hall–Kier alpha value is -3.38. The number of amides is 1. The molecule has 2 N–H and O–H groups in total. The lowest BCUT2D eigenvalue weighted by Gasteiger charge is -2.49. The zero-order valence-electron chi connectivity index (χ0n) is 20.5. The lowest BCUT2D eigenvalue weighted by atomic mass is 9.69. The van der Waals surface area contributed by atoms with E-state index in [0.29, 0.717) is 25.3 Å². The molecule has 3 aromatic carbocycles. The first-order valence-electron chi connectivity index (χ1n) is 11.9. The van der Waals surface area contributed by atoms with Crippen LogP contribution in [0.3, 0.4) is 0 Å². The molecule has 1 fully saturated rings. The summed E-state index contributed by atoms with van der Waals surface area (Å²) in [5.74, 6) is -0.000254. The molecule has 0 radical (unpaired) electrons. The summed E-state index contributed by atoms with van der Waals surface area (Å²) in [4.78, 5) is 15.4. The SMILES string of the molecule is COc1ccc(F)c(OC2CN(C(C)(C)CCC(C(N)=O)(c3ccccc3)c3ccccc3)C2)c1. The van der Waals surface area contributed by atoms with Crippen LogP contribution in [0.4, 0.5) is 4.39 Å². The Kier molecular flexibility index (Phi) is 7.13. The number of carbonyl (C=O) groups is 1. The molecule has 0 atom stereocenters. The van der Waals surface area contributed by atoms with Gasteiger partial charge in [-0.25, -0.2) is 4.39 Å². The van der Waals surface area contributed by atoms with Gasteiger partial charge in [0.05, 0.1) is 12.5 Å². The van der Waals surface area contributed by atoms with Crippen molar-refractivity contribution in [3.63, 3.8) is 0 Å². The molecule has 0 spiro atoms. The van der Waals surface area contributed by atoms with E-state index in [2.05, 4.69) is 18.7 Å². The van der Waals surface area contributed by atoms with Gasteiger partial charge in [0.1, 0.15) is 11.9 Å². The minimum atomic E-state index is -0.926. The van der Waals surface area contributed by atoms with E-state index >= 15 is 0 Å². The van der Waals surface area contributed by atoms with Gasteiger partial charge in [0, 0.05) is 24.7 Å². The van der Waals surface area contributed by atoms with Crippen LogP contribution >= 0.6 is 0 Å². The van der Waals surface area contributed by atoms with Crippen molar-refractivity contribution in [2.24, 2.45) is 5.73 Å². The van der Waals surface area contributed by atoms with Gasteiger partial charge in [-0.2, -0.15) is 0 Å². The molecule has 1 aliphatic heterocycles. The summed E-state index contributed by atoms with van der Waals surface area (Å²) in [6.07, 6.45) is 1.19. The third-order valence-electron chi connectivity index (χ3n) is 7.20. The topological polar surface area (TPSA) is 64.8 Å². The summed E-state index contributed by atoms with van der Waals surface area (Å²) in [5.41, 5.74) is 6.77. The Morgan fingerprint density at radius 1 is 0.971 bits per heavy atom. The Morgan fingerprint density at radius 2 is 1.54 bits per heavy atom. The number of ether oxygens (including phenoxy) is 2. The number of nitrogens with zero attached hydrogens (tertiary/aromatic N) is 1. The van der Waals surface area contributed by atoms with Crippen LogP contribution in [-0.4, -0.2) is 42.6 Å². The molecule has 3 aromatic rings. The Labute approximate surface area is 206 Å². The molecule has 1 amide bonds. The molecule has 0 saturated carbocycles. The van der Waals surface area contributed by atoms with Crippen molar-refractivity contribution in [3.05, 3.63) is 95.8 Å². The van der Waals surface area contributed by atoms with Gasteiger partial charge < -0.3 is 15.2 Å². The quantitative estimate of drug-likeness (QED) is 0.451. The van der Waals surface area contributed by atoms with Crippen LogP contribution < -0.4 is 15.2 Å². The Bertz CT molecular complexity index is 1110. The lowest BCUT2D eigenvalue weighted by molar-refractivity contribution is -0.122. The highest BCUT2D eigenvalue weighted by molar-refractivity contribution is 5.90. The van der Waals surface area contributed by atoms with Crippen LogP contribution in [0.15, 0.2) is 78.9 Å². The van der Waals surface area contributed by atoms with E-state index in [1.54, 1.807) is 19.2 Å². The first-order chi connectivity index (χ1) is 16.8. The van der Waals surface area contributed by atoms with Crippen molar-refractivity contribution in [2.45, 2.75) is 43.7 Å². The second-order valence-corrected chi connectivity index (χ2v) is 9.76. The first-order valence-corrected chi connectivity index (χ1v) is 11.9. The third-order valence-corrected chi connectivity index (χ3v) is 7.20. The van der Waals surface area contributed by atoms with Crippen LogP contribution in [0.25, 0.3) is 0 Å². The molecule has 0 unspecified atom stereocenters. The highest BCUT2D eigenvalue weighted by Crippen LogP contribution is 2.40. The summed E-state index contributed by atoms with van der Waals surface area (Å²) in [7, 11) is 1.54. The third kappa shape index (κ3) is 5.03. The van der Waals surface area contributed by atoms with Crippen molar-refractivity contribution in [2.75, 3.05) is 20.2 Å². The number of methoxy groups -OCH3 is 1. The normalized spacial score (nSPS) is 14.9. The molecular weight excluding hydrogens is 443 g/mol. The fraction of sp³-hybridized carbons (Fsp3) is 0.345. The van der Waals surface area contributed by atoms with E-state index in [1.807, 2.05) is 60.7 Å². The molecule has 0 aliphatic carbocycles. The van der Waals surface area contributed by atoms with Crippen LogP contribution in [0, 0.1) is 5.82 Å². The molecule has 1 aliphatic rings. The molecule has 1 heterocycles. The van der Waals surface area contributed by atoms with Crippen molar-refractivity contribution in [3.8, 4) is 11.5 Å². The zero-order chi connectivity index (χ0) is 25.1. The second-order valence-electron chi connectivity index (χ2n) is 9.76. The van der Waals surface area contributed by atoms with Crippen molar-refractivity contribution < 1.29 is 18.7 Å². The predicted octanol–water partition coefficient (Wildman–Crippen LogP) is 4.93. The van der Waals surface area contributed by atoms with Crippen molar-refractivity contribution in [1.29, 1.82) is 0 Å². The largest absolute Gasteiger partial charge is 0.497 e. The summed E-state index contributed by atoms with van der Waals surface area (Å²) < 4.78 is 25.3. The maximum atomic E-state index is 14.2. The Morgan fingerprint density at radius 3 is 2.06 bits per heavy atom. The number of benzene rings is 3. The van der Waals surface area contributed by atoms with E-state index in [9.17, 15) is 9.18 Å². The van der Waals surface area contributed by atoms with Gasteiger partial charge >= 0.3 is 0 Å². The predicted molar refractivity (Wildman–Crippen MR) is 135 cm³/mol. The van der Waals surface area contributed by atoms with Gasteiger partial charge in [0.15, 0.2) is 11.6 Å². The number of hydrogen-bond donors (Lipinski definition) is 1. The van der Waals surface area contributed by atoms with Gasteiger partial charge in [-0.1, -0.05) is 60.7 Å². The average Bonchev–Trinajstić information content (AvgIpc) is 2.83. The molecule has 0 bridgehead atoms. The van der Waals surface area contributed by atoms with Crippen LogP contribution in [0.5, 0.6) is 11.5 Å². The minimum absolute atomic E-state index is 0.111. The number of primary amides is 1. The maximum Gasteiger partial charge on any atom is 0.232 e. The van der Waals surface area contributed by atoms with Crippen LogP contribution in [0.1, 0.15) is 37.8 Å². The molecule has 5 nitrogen and oxygen atoms in total. The summed E-state index contributed by atoms with van der Waals surface area (Å²) >= 11 is 0. The minimum Gasteiger partial charge on any atom is -0.497 e. The highest BCUT2D eigenvalue weighted by Gasteiger charge is 2.44. The number of carbonyl (C=O) groups excluding carboxylic acids is 1. The van der Waals surface area contributed by atoms with E-state index in [4.69, 9.17) is 15.2 Å². The zero-order valence-corrected chi connectivity index (χ0v) is 20.5. The van der Waals surface area contributed by atoms with E-state index in [1.165, 1.54) is 6.07 Å². The standard InChI is InChI=1S/C29H33FN2O3/c1-28(2,32-19-24(20-32)35-26-18-23(34-3)14-15-25(26)30)16-17-29(27(31)33,21-10-6-4-7-11-21)22-12-8-5-9-13-22/h4-15,18,24H,16-17,19-20H2,1-3H3,(H2,31,33). The summed E-state index contributed by atoms with van der Waals surface area (Å²) in [6, 6.07) is 24.0.